The summed E-state index contributed by atoms with van der Waals surface area (Å²) in [7, 11) is 0. The Morgan fingerprint density at radius 1 is 1.33 bits per heavy atom. The lowest BCUT2D eigenvalue weighted by Gasteiger charge is -2.23. The molecule has 1 N–H and O–H groups in total. The first kappa shape index (κ1) is 15.6. The van der Waals surface area contributed by atoms with E-state index in [1.807, 2.05) is 0 Å². The highest BCUT2D eigenvalue weighted by molar-refractivity contribution is 6.43. The number of nitrogens with one attached hydrogen (secondary N) is 1. The SMILES string of the molecule is CC(C)(CCCl)CNC(=O)c1cccc(Cl)c1Cl. The fourth-order valence-corrected chi connectivity index (χ4v) is 2.34. The summed E-state index contributed by atoms with van der Waals surface area (Å²) in [5.74, 6) is 0.353. The van der Waals surface area contributed by atoms with Crippen molar-refractivity contribution >= 4 is 40.7 Å². The Morgan fingerprint density at radius 2 is 2.00 bits per heavy atom. The number of carbonyl (C=O) groups excluding carboxylic acids is 1. The number of hydrogen-bond acceptors (Lipinski definition) is 1. The van der Waals surface area contributed by atoms with E-state index in [1.54, 1.807) is 18.2 Å². The maximum Gasteiger partial charge on any atom is 0.252 e. The predicted octanol–water partition coefficient (Wildman–Crippen LogP) is 4.38. The van der Waals surface area contributed by atoms with Crippen LogP contribution in [0.5, 0.6) is 0 Å². The molecule has 0 saturated heterocycles. The zero-order valence-electron chi connectivity index (χ0n) is 10.4. The molecule has 2 nitrogen and oxygen atoms in total. The Labute approximate surface area is 123 Å². The fraction of sp³-hybridized carbons (Fsp3) is 0.462. The number of alkyl halides is 1. The van der Waals surface area contributed by atoms with Crippen LogP contribution >= 0.6 is 34.8 Å². The number of halogens is 3. The molecule has 0 aliphatic heterocycles. The van der Waals surface area contributed by atoms with Gasteiger partial charge in [0.1, 0.15) is 0 Å². The third-order valence-corrected chi connectivity index (χ3v) is 3.70. The van der Waals surface area contributed by atoms with Crippen molar-refractivity contribution in [2.24, 2.45) is 5.41 Å². The molecule has 0 bridgehead atoms. The van der Waals surface area contributed by atoms with Crippen LogP contribution in [-0.2, 0) is 0 Å². The van der Waals surface area contributed by atoms with E-state index in [0.717, 1.165) is 6.42 Å². The van der Waals surface area contributed by atoms with Crippen LogP contribution in [0.2, 0.25) is 10.0 Å². The first-order valence-corrected chi connectivity index (χ1v) is 6.94. The second-order valence-electron chi connectivity index (χ2n) is 4.89. The molecule has 1 aromatic rings. The summed E-state index contributed by atoms with van der Waals surface area (Å²) < 4.78 is 0. The smallest absolute Gasteiger partial charge is 0.252 e. The highest BCUT2D eigenvalue weighted by atomic mass is 35.5. The normalized spacial score (nSPS) is 11.4. The molecule has 18 heavy (non-hydrogen) atoms. The molecule has 1 amide bonds. The Bertz CT molecular complexity index is 432. The number of amides is 1. The summed E-state index contributed by atoms with van der Waals surface area (Å²) >= 11 is 17.6. The van der Waals surface area contributed by atoms with Crippen molar-refractivity contribution in [3.63, 3.8) is 0 Å². The second kappa shape index (κ2) is 6.65. The Kier molecular flexibility index (Phi) is 5.77. The summed E-state index contributed by atoms with van der Waals surface area (Å²) in [4.78, 5) is 12.0. The van der Waals surface area contributed by atoms with E-state index in [0.29, 0.717) is 23.0 Å². The zero-order chi connectivity index (χ0) is 13.8. The molecule has 0 aromatic heterocycles. The minimum atomic E-state index is -0.217. The maximum atomic E-state index is 12.0. The molecule has 1 rings (SSSR count). The predicted molar refractivity (Wildman–Crippen MR) is 77.9 cm³/mol. The monoisotopic (exact) mass is 307 g/mol. The molecule has 0 fully saturated rings. The Balaban J connectivity index is 2.69. The van der Waals surface area contributed by atoms with E-state index in [4.69, 9.17) is 34.8 Å². The lowest BCUT2D eigenvalue weighted by molar-refractivity contribution is 0.0936. The van der Waals surface area contributed by atoms with Gasteiger partial charge in [0.25, 0.3) is 5.91 Å². The molecule has 100 valence electrons. The van der Waals surface area contributed by atoms with E-state index in [9.17, 15) is 4.79 Å². The van der Waals surface area contributed by atoms with Crippen molar-refractivity contribution in [1.29, 1.82) is 0 Å². The average molecular weight is 309 g/mol. The topological polar surface area (TPSA) is 29.1 Å². The van der Waals surface area contributed by atoms with Crippen molar-refractivity contribution in [2.75, 3.05) is 12.4 Å². The zero-order valence-corrected chi connectivity index (χ0v) is 12.7. The van der Waals surface area contributed by atoms with E-state index >= 15 is 0 Å². The molecule has 0 spiro atoms. The first-order valence-electron chi connectivity index (χ1n) is 5.65. The van der Waals surface area contributed by atoms with Crippen molar-refractivity contribution in [3.8, 4) is 0 Å². The summed E-state index contributed by atoms with van der Waals surface area (Å²) in [6.07, 6.45) is 0.831. The van der Waals surface area contributed by atoms with Gasteiger partial charge in [0.2, 0.25) is 0 Å². The summed E-state index contributed by atoms with van der Waals surface area (Å²) in [6, 6.07) is 5.00. The largest absolute Gasteiger partial charge is 0.351 e. The number of hydrogen-bond donors (Lipinski definition) is 1. The van der Waals surface area contributed by atoms with Crippen LogP contribution in [0.15, 0.2) is 18.2 Å². The molecule has 0 aliphatic rings. The molecular weight excluding hydrogens is 293 g/mol. The van der Waals surface area contributed by atoms with Crippen LogP contribution in [0.3, 0.4) is 0 Å². The molecule has 1 aromatic carbocycles. The number of carbonyl (C=O) groups is 1. The van der Waals surface area contributed by atoms with Crippen molar-refractivity contribution in [3.05, 3.63) is 33.8 Å². The van der Waals surface area contributed by atoms with Gasteiger partial charge in [-0.25, -0.2) is 0 Å². The van der Waals surface area contributed by atoms with E-state index in [1.165, 1.54) is 0 Å². The van der Waals surface area contributed by atoms with Crippen LogP contribution in [0.1, 0.15) is 30.6 Å². The van der Waals surface area contributed by atoms with Gasteiger partial charge in [0.15, 0.2) is 0 Å². The highest BCUT2D eigenvalue weighted by Gasteiger charge is 2.19. The van der Waals surface area contributed by atoms with E-state index < -0.39 is 0 Å². The molecular formula is C13H16Cl3NO. The third kappa shape index (κ3) is 4.34. The Morgan fingerprint density at radius 3 is 2.61 bits per heavy atom. The van der Waals surface area contributed by atoms with Crippen LogP contribution in [0, 0.1) is 5.41 Å². The summed E-state index contributed by atoms with van der Waals surface area (Å²) in [5.41, 5.74) is 0.355. The second-order valence-corrected chi connectivity index (χ2v) is 6.05. The van der Waals surface area contributed by atoms with Crippen molar-refractivity contribution in [1.82, 2.24) is 5.32 Å². The van der Waals surface area contributed by atoms with Crippen molar-refractivity contribution in [2.45, 2.75) is 20.3 Å². The third-order valence-electron chi connectivity index (χ3n) is 2.69. The lowest BCUT2D eigenvalue weighted by Crippen LogP contribution is -2.34. The van der Waals surface area contributed by atoms with Gasteiger partial charge < -0.3 is 5.32 Å². The van der Waals surface area contributed by atoms with Crippen LogP contribution < -0.4 is 5.32 Å². The number of benzene rings is 1. The lowest BCUT2D eigenvalue weighted by atomic mass is 9.90. The summed E-state index contributed by atoms with van der Waals surface area (Å²) in [5, 5.41) is 3.51. The van der Waals surface area contributed by atoms with Gasteiger partial charge >= 0.3 is 0 Å². The van der Waals surface area contributed by atoms with Crippen molar-refractivity contribution < 1.29 is 4.79 Å². The van der Waals surface area contributed by atoms with Gasteiger partial charge in [-0.2, -0.15) is 0 Å². The standard InChI is InChI=1S/C13H16Cl3NO/c1-13(2,6-7-14)8-17-12(18)9-4-3-5-10(15)11(9)16/h3-5H,6-8H2,1-2H3,(H,17,18). The molecule has 0 unspecified atom stereocenters. The molecule has 0 atom stereocenters. The van der Waals surface area contributed by atoms with Gasteiger partial charge in [0.05, 0.1) is 15.6 Å². The van der Waals surface area contributed by atoms with Crippen LogP contribution in [-0.4, -0.2) is 18.3 Å². The molecule has 5 heteroatoms. The fourth-order valence-electron chi connectivity index (χ4n) is 1.44. The molecule has 0 radical (unpaired) electrons. The molecule has 0 aliphatic carbocycles. The Hall–Kier alpha value is -0.440. The quantitative estimate of drug-likeness (QED) is 0.804. The average Bonchev–Trinajstić information content (AvgIpc) is 2.30. The number of rotatable bonds is 5. The van der Waals surface area contributed by atoms with Crippen LogP contribution in [0.25, 0.3) is 0 Å². The maximum absolute atomic E-state index is 12.0. The van der Waals surface area contributed by atoms with E-state index in [2.05, 4.69) is 19.2 Å². The first-order chi connectivity index (χ1) is 8.37. The molecule has 0 heterocycles. The minimum absolute atomic E-state index is 0.0392. The summed E-state index contributed by atoms with van der Waals surface area (Å²) in [6.45, 7) is 4.64. The van der Waals surface area contributed by atoms with Gasteiger partial charge in [-0.3, -0.25) is 4.79 Å². The van der Waals surface area contributed by atoms with Gasteiger partial charge in [0, 0.05) is 12.4 Å². The minimum Gasteiger partial charge on any atom is -0.351 e. The van der Waals surface area contributed by atoms with Gasteiger partial charge in [-0.1, -0.05) is 43.1 Å². The van der Waals surface area contributed by atoms with Gasteiger partial charge in [-0.15, -0.1) is 11.6 Å². The molecule has 0 saturated carbocycles. The van der Waals surface area contributed by atoms with E-state index in [-0.39, 0.29) is 16.3 Å². The van der Waals surface area contributed by atoms with Crippen LogP contribution in [0.4, 0.5) is 0 Å². The van der Waals surface area contributed by atoms with Gasteiger partial charge in [-0.05, 0) is 24.0 Å². The highest BCUT2D eigenvalue weighted by Crippen LogP contribution is 2.26.